The van der Waals surface area contributed by atoms with Crippen molar-refractivity contribution in [2.75, 3.05) is 39.2 Å². The summed E-state index contributed by atoms with van der Waals surface area (Å²) in [6, 6.07) is 0. The van der Waals surface area contributed by atoms with Crippen LogP contribution in [0.15, 0.2) is 0 Å². The molecule has 0 spiro atoms. The maximum Gasteiger partial charge on any atom is 0.148 e. The number of nitrogen functional groups attached to an aromatic ring is 1. The van der Waals surface area contributed by atoms with Crippen LogP contribution < -0.4 is 11.3 Å². The largest absolute Gasteiger partial charge is 0.313 e. The van der Waals surface area contributed by atoms with E-state index in [1.54, 1.807) is 0 Å². The summed E-state index contributed by atoms with van der Waals surface area (Å²) in [4.78, 5) is 4.58. The molecule has 0 aromatic carbocycles. The van der Waals surface area contributed by atoms with Gasteiger partial charge in [-0.25, -0.2) is 5.84 Å². The predicted molar refractivity (Wildman–Crippen MR) is 76.4 cm³/mol. The van der Waals surface area contributed by atoms with E-state index in [9.17, 15) is 0 Å². The van der Waals surface area contributed by atoms with Crippen molar-refractivity contribution < 1.29 is 0 Å². The van der Waals surface area contributed by atoms with Crippen LogP contribution in [0.2, 0.25) is 0 Å². The molecule has 0 aliphatic rings. The zero-order valence-corrected chi connectivity index (χ0v) is 12.5. The number of rotatable bonds is 8. The van der Waals surface area contributed by atoms with Crippen molar-refractivity contribution >= 4 is 16.5 Å². The van der Waals surface area contributed by atoms with Crippen LogP contribution in [-0.2, 0) is 6.54 Å². The first-order valence-corrected chi connectivity index (χ1v) is 6.95. The first-order valence-electron chi connectivity index (χ1n) is 6.17. The fourth-order valence-electron chi connectivity index (χ4n) is 1.73. The van der Waals surface area contributed by atoms with Gasteiger partial charge >= 0.3 is 0 Å². The molecule has 3 N–H and O–H groups in total. The number of hydrogen-bond donors (Lipinski definition) is 2. The van der Waals surface area contributed by atoms with E-state index in [1.165, 1.54) is 11.5 Å². The Bertz CT molecular complexity index is 338. The van der Waals surface area contributed by atoms with Gasteiger partial charge in [0, 0.05) is 37.7 Å². The van der Waals surface area contributed by atoms with Crippen LogP contribution in [0.25, 0.3) is 0 Å². The molecule has 1 aromatic heterocycles. The topological polar surface area (TPSA) is 70.3 Å². The Morgan fingerprint density at radius 2 is 2.06 bits per heavy atom. The smallest absolute Gasteiger partial charge is 0.148 e. The maximum absolute atomic E-state index is 5.45. The molecule has 1 aromatic rings. The number of aromatic nitrogens is 2. The Morgan fingerprint density at radius 1 is 1.33 bits per heavy atom. The normalized spacial score (nSPS) is 11.8. The van der Waals surface area contributed by atoms with Gasteiger partial charge in [-0.1, -0.05) is 18.3 Å². The molecular formula is C11H24N6S. The second-order valence-electron chi connectivity index (χ2n) is 5.13. The predicted octanol–water partition coefficient (Wildman–Crippen LogP) is 0.843. The molecule has 0 aliphatic carbocycles. The summed E-state index contributed by atoms with van der Waals surface area (Å²) in [7, 11) is 4.18. The lowest BCUT2D eigenvalue weighted by Crippen LogP contribution is -2.34. The minimum atomic E-state index is 0.632. The Labute approximate surface area is 113 Å². The summed E-state index contributed by atoms with van der Waals surface area (Å²) < 4.78 is 3.93. The molecule has 0 atom stereocenters. The van der Waals surface area contributed by atoms with Crippen molar-refractivity contribution in [2.24, 2.45) is 11.8 Å². The summed E-state index contributed by atoms with van der Waals surface area (Å²) in [5.41, 5.74) is 3.59. The van der Waals surface area contributed by atoms with Crippen LogP contribution in [0, 0.1) is 5.92 Å². The molecule has 0 aliphatic heterocycles. The van der Waals surface area contributed by atoms with Crippen molar-refractivity contribution in [2.45, 2.75) is 20.4 Å². The molecule has 7 heteroatoms. The fourth-order valence-corrected chi connectivity index (χ4v) is 2.21. The molecular weight excluding hydrogens is 248 g/mol. The van der Waals surface area contributed by atoms with Gasteiger partial charge in [0.05, 0.1) is 0 Å². The minimum absolute atomic E-state index is 0.632. The number of anilines is 1. The molecule has 104 valence electrons. The molecule has 0 bridgehead atoms. The van der Waals surface area contributed by atoms with Crippen LogP contribution in [0.3, 0.4) is 0 Å². The average molecular weight is 272 g/mol. The molecule has 0 fully saturated rings. The molecule has 0 radical (unpaired) electrons. The minimum Gasteiger partial charge on any atom is -0.313 e. The van der Waals surface area contributed by atoms with Gasteiger partial charge in [0.2, 0.25) is 0 Å². The average Bonchev–Trinajstić information content (AvgIpc) is 2.72. The summed E-state index contributed by atoms with van der Waals surface area (Å²) in [6.45, 7) is 8.36. The first-order chi connectivity index (χ1) is 8.52. The number of nitrogens with two attached hydrogens (primary N) is 1. The SMILES string of the molecule is CC(C)CN(CCN(C)C)Cc1nnsc1NN. The maximum atomic E-state index is 5.45. The second-order valence-corrected chi connectivity index (χ2v) is 5.88. The standard InChI is InChI=1S/C11H24N6S/c1-9(2)7-17(6-5-16(3)4)8-10-11(13-12)18-15-14-10/h9,13H,5-8,12H2,1-4H3. The van der Waals surface area contributed by atoms with E-state index in [1.807, 2.05) is 0 Å². The van der Waals surface area contributed by atoms with Crippen LogP contribution in [0.1, 0.15) is 19.5 Å². The number of hydrogen-bond acceptors (Lipinski definition) is 7. The summed E-state index contributed by atoms with van der Waals surface area (Å²) in [5, 5.41) is 4.99. The van der Waals surface area contributed by atoms with Gasteiger partial charge in [-0.3, -0.25) is 4.90 Å². The molecule has 1 rings (SSSR count). The summed E-state index contributed by atoms with van der Waals surface area (Å²) in [6.07, 6.45) is 0. The van der Waals surface area contributed by atoms with Gasteiger partial charge in [0.1, 0.15) is 10.7 Å². The van der Waals surface area contributed by atoms with E-state index in [0.717, 1.165) is 36.9 Å². The number of nitrogens with one attached hydrogen (secondary N) is 1. The Kier molecular flexibility index (Phi) is 6.48. The van der Waals surface area contributed by atoms with Crippen molar-refractivity contribution in [1.82, 2.24) is 19.4 Å². The molecule has 0 saturated carbocycles. The van der Waals surface area contributed by atoms with Gasteiger partial charge in [0.25, 0.3) is 0 Å². The molecule has 1 heterocycles. The quantitative estimate of drug-likeness (QED) is 0.540. The molecule has 18 heavy (non-hydrogen) atoms. The summed E-state index contributed by atoms with van der Waals surface area (Å²) >= 11 is 1.30. The van der Waals surface area contributed by atoms with E-state index in [0.29, 0.717) is 5.92 Å². The number of nitrogens with zero attached hydrogens (tertiary/aromatic N) is 4. The highest BCUT2D eigenvalue weighted by atomic mass is 32.1. The van der Waals surface area contributed by atoms with Crippen molar-refractivity contribution in [1.29, 1.82) is 0 Å². The van der Waals surface area contributed by atoms with E-state index in [2.05, 4.69) is 52.8 Å². The first kappa shape index (κ1) is 15.3. The molecule has 0 amide bonds. The Balaban J connectivity index is 2.59. The van der Waals surface area contributed by atoms with E-state index >= 15 is 0 Å². The van der Waals surface area contributed by atoms with Crippen molar-refractivity contribution in [3.63, 3.8) is 0 Å². The fraction of sp³-hybridized carbons (Fsp3) is 0.818. The third kappa shape index (κ3) is 5.26. The molecule has 0 unspecified atom stereocenters. The highest BCUT2D eigenvalue weighted by Crippen LogP contribution is 2.18. The van der Waals surface area contributed by atoms with Crippen LogP contribution >= 0.6 is 11.5 Å². The highest BCUT2D eigenvalue weighted by Gasteiger charge is 2.13. The Morgan fingerprint density at radius 3 is 2.61 bits per heavy atom. The van der Waals surface area contributed by atoms with E-state index in [-0.39, 0.29) is 0 Å². The van der Waals surface area contributed by atoms with Gasteiger partial charge in [-0.2, -0.15) is 0 Å². The van der Waals surface area contributed by atoms with Crippen molar-refractivity contribution in [3.05, 3.63) is 5.69 Å². The van der Waals surface area contributed by atoms with Gasteiger partial charge in [0.15, 0.2) is 0 Å². The lowest BCUT2D eigenvalue weighted by Gasteiger charge is -2.25. The van der Waals surface area contributed by atoms with Crippen LogP contribution in [0.5, 0.6) is 0 Å². The Hall–Kier alpha value is -0.760. The van der Waals surface area contributed by atoms with E-state index in [4.69, 9.17) is 5.84 Å². The van der Waals surface area contributed by atoms with Gasteiger partial charge < -0.3 is 10.3 Å². The van der Waals surface area contributed by atoms with Gasteiger partial charge in [-0.05, 0) is 20.0 Å². The van der Waals surface area contributed by atoms with Gasteiger partial charge in [-0.15, -0.1) is 5.10 Å². The zero-order chi connectivity index (χ0) is 13.5. The lowest BCUT2D eigenvalue weighted by molar-refractivity contribution is 0.210. The monoisotopic (exact) mass is 272 g/mol. The zero-order valence-electron chi connectivity index (χ0n) is 11.7. The number of hydrazine groups is 1. The summed E-state index contributed by atoms with van der Waals surface area (Å²) in [5.74, 6) is 6.08. The van der Waals surface area contributed by atoms with Crippen LogP contribution in [-0.4, -0.2) is 53.1 Å². The molecule has 6 nitrogen and oxygen atoms in total. The van der Waals surface area contributed by atoms with E-state index < -0.39 is 0 Å². The molecule has 0 saturated heterocycles. The highest BCUT2D eigenvalue weighted by molar-refractivity contribution is 7.10. The third-order valence-corrected chi connectivity index (χ3v) is 3.25. The number of likely N-dealkylation sites (N-methyl/N-ethyl adjacent to an activating group) is 1. The van der Waals surface area contributed by atoms with Crippen molar-refractivity contribution in [3.8, 4) is 0 Å². The third-order valence-electron chi connectivity index (χ3n) is 2.55. The second kappa shape index (κ2) is 7.63. The van der Waals surface area contributed by atoms with Crippen LogP contribution in [0.4, 0.5) is 5.00 Å². The lowest BCUT2D eigenvalue weighted by atomic mass is 10.2.